The van der Waals surface area contributed by atoms with Crippen LogP contribution in [0.25, 0.3) is 10.9 Å². The number of halogens is 1. The van der Waals surface area contributed by atoms with Gasteiger partial charge in [0.05, 0.1) is 0 Å². The van der Waals surface area contributed by atoms with E-state index in [1.54, 1.807) is 24.3 Å². The van der Waals surface area contributed by atoms with E-state index in [0.717, 1.165) is 10.9 Å². The molecular formula is C18H17FN2O. The molecule has 1 aromatic heterocycles. The van der Waals surface area contributed by atoms with Gasteiger partial charge in [-0.1, -0.05) is 24.3 Å². The van der Waals surface area contributed by atoms with Crippen molar-refractivity contribution in [3.05, 3.63) is 71.7 Å². The molecule has 0 bridgehead atoms. The lowest BCUT2D eigenvalue weighted by molar-refractivity contribution is 0.0954. The fourth-order valence-electron chi connectivity index (χ4n) is 2.52. The second-order valence-corrected chi connectivity index (χ2v) is 5.30. The number of amides is 1. The van der Waals surface area contributed by atoms with E-state index in [0.29, 0.717) is 24.1 Å². The molecule has 1 heterocycles. The quantitative estimate of drug-likeness (QED) is 0.787. The third-order valence-electron chi connectivity index (χ3n) is 3.79. The van der Waals surface area contributed by atoms with Crippen LogP contribution in [0.4, 0.5) is 4.39 Å². The van der Waals surface area contributed by atoms with E-state index in [9.17, 15) is 9.18 Å². The number of nitrogens with zero attached hydrogens (tertiary/aromatic N) is 1. The minimum atomic E-state index is -0.234. The summed E-state index contributed by atoms with van der Waals surface area (Å²) >= 11 is 0. The van der Waals surface area contributed by atoms with Gasteiger partial charge in [-0.05, 0) is 41.6 Å². The Labute approximate surface area is 128 Å². The van der Waals surface area contributed by atoms with Gasteiger partial charge in [0.2, 0.25) is 0 Å². The van der Waals surface area contributed by atoms with E-state index in [4.69, 9.17) is 0 Å². The molecule has 0 spiro atoms. The number of rotatable bonds is 4. The summed E-state index contributed by atoms with van der Waals surface area (Å²) < 4.78 is 15.5. The van der Waals surface area contributed by atoms with Crippen molar-refractivity contribution in [3.8, 4) is 0 Å². The van der Waals surface area contributed by atoms with E-state index in [2.05, 4.69) is 5.32 Å². The molecule has 3 aromatic rings. The third-order valence-corrected chi connectivity index (χ3v) is 3.79. The van der Waals surface area contributed by atoms with E-state index >= 15 is 0 Å². The topological polar surface area (TPSA) is 34.0 Å². The van der Waals surface area contributed by atoms with Crippen LogP contribution in [0.3, 0.4) is 0 Å². The summed E-state index contributed by atoms with van der Waals surface area (Å²) in [6.45, 7) is 0.408. The molecular weight excluding hydrogens is 279 g/mol. The molecule has 0 fully saturated rings. The first-order valence-electron chi connectivity index (χ1n) is 7.22. The lowest BCUT2D eigenvalue weighted by Crippen LogP contribution is -2.25. The molecule has 112 valence electrons. The van der Waals surface area contributed by atoms with Gasteiger partial charge in [-0.25, -0.2) is 4.39 Å². The number of nitrogens with one attached hydrogen (secondary N) is 1. The van der Waals surface area contributed by atoms with Crippen molar-refractivity contribution >= 4 is 16.8 Å². The standard InChI is InChI=1S/C18H17FN2O/c1-21-11-9-14-6-7-15(12-17(14)21)18(22)20-10-8-13-4-2-3-5-16(13)19/h2-7,9,11-12H,8,10H2,1H3,(H,20,22). The van der Waals surface area contributed by atoms with Crippen molar-refractivity contribution in [2.75, 3.05) is 6.54 Å². The van der Waals surface area contributed by atoms with Crippen molar-refractivity contribution < 1.29 is 9.18 Å². The summed E-state index contributed by atoms with van der Waals surface area (Å²) in [6, 6.07) is 14.2. The zero-order valence-corrected chi connectivity index (χ0v) is 12.3. The predicted molar refractivity (Wildman–Crippen MR) is 85.4 cm³/mol. The minimum Gasteiger partial charge on any atom is -0.352 e. The van der Waals surface area contributed by atoms with Crippen molar-refractivity contribution in [2.45, 2.75) is 6.42 Å². The Bertz CT molecular complexity index is 823. The summed E-state index contributed by atoms with van der Waals surface area (Å²) in [5.41, 5.74) is 2.24. The maximum Gasteiger partial charge on any atom is 0.251 e. The largest absolute Gasteiger partial charge is 0.352 e. The molecule has 22 heavy (non-hydrogen) atoms. The smallest absolute Gasteiger partial charge is 0.251 e. The Balaban J connectivity index is 1.66. The Morgan fingerprint density at radius 3 is 2.82 bits per heavy atom. The molecule has 3 rings (SSSR count). The van der Waals surface area contributed by atoms with Gasteiger partial charge >= 0.3 is 0 Å². The summed E-state index contributed by atoms with van der Waals surface area (Å²) in [5, 5.41) is 3.94. The van der Waals surface area contributed by atoms with E-state index in [-0.39, 0.29) is 11.7 Å². The zero-order valence-electron chi connectivity index (χ0n) is 12.3. The molecule has 0 aliphatic carbocycles. The molecule has 1 N–H and O–H groups in total. The molecule has 0 radical (unpaired) electrons. The van der Waals surface area contributed by atoms with Gasteiger partial charge in [0.25, 0.3) is 5.91 Å². The highest BCUT2D eigenvalue weighted by molar-refractivity contribution is 5.98. The molecule has 4 heteroatoms. The van der Waals surface area contributed by atoms with Gasteiger partial charge in [0, 0.05) is 30.9 Å². The number of hydrogen-bond donors (Lipinski definition) is 1. The van der Waals surface area contributed by atoms with Crippen molar-refractivity contribution in [1.82, 2.24) is 9.88 Å². The molecule has 0 aliphatic rings. The van der Waals surface area contributed by atoms with Crippen LogP contribution in [0.2, 0.25) is 0 Å². The van der Waals surface area contributed by atoms with Crippen LogP contribution < -0.4 is 5.32 Å². The number of hydrogen-bond acceptors (Lipinski definition) is 1. The van der Waals surface area contributed by atoms with E-state index in [1.807, 2.05) is 36.0 Å². The Morgan fingerprint density at radius 1 is 1.18 bits per heavy atom. The van der Waals surface area contributed by atoms with Gasteiger partial charge in [-0.15, -0.1) is 0 Å². The molecule has 0 saturated carbocycles. The molecule has 1 amide bonds. The van der Waals surface area contributed by atoms with Crippen molar-refractivity contribution in [1.29, 1.82) is 0 Å². The van der Waals surface area contributed by atoms with Crippen LogP contribution >= 0.6 is 0 Å². The third kappa shape index (κ3) is 2.86. The number of fused-ring (bicyclic) bond motifs is 1. The molecule has 0 unspecified atom stereocenters. The van der Waals surface area contributed by atoms with Crippen LogP contribution in [0.1, 0.15) is 15.9 Å². The normalized spacial score (nSPS) is 10.8. The lowest BCUT2D eigenvalue weighted by Gasteiger charge is -2.07. The van der Waals surface area contributed by atoms with Crippen LogP contribution in [0.15, 0.2) is 54.7 Å². The highest BCUT2D eigenvalue weighted by Crippen LogP contribution is 2.16. The van der Waals surface area contributed by atoms with Gasteiger partial charge in [0.1, 0.15) is 5.82 Å². The Kier molecular flexibility index (Phi) is 3.92. The first kappa shape index (κ1) is 14.3. The fraction of sp³-hybridized carbons (Fsp3) is 0.167. The summed E-state index contributed by atoms with van der Waals surface area (Å²) in [4.78, 5) is 12.2. The maximum absolute atomic E-state index is 13.5. The summed E-state index contributed by atoms with van der Waals surface area (Å²) in [5.74, 6) is -0.374. The van der Waals surface area contributed by atoms with Crippen LogP contribution in [-0.2, 0) is 13.5 Å². The monoisotopic (exact) mass is 296 g/mol. The second kappa shape index (κ2) is 6.02. The van der Waals surface area contributed by atoms with Crippen LogP contribution in [0.5, 0.6) is 0 Å². The molecule has 0 aliphatic heterocycles. The highest BCUT2D eigenvalue weighted by atomic mass is 19.1. The Morgan fingerprint density at radius 2 is 2.00 bits per heavy atom. The average molecular weight is 296 g/mol. The SMILES string of the molecule is Cn1ccc2ccc(C(=O)NCCc3ccccc3F)cc21. The van der Waals surface area contributed by atoms with Crippen LogP contribution in [0, 0.1) is 5.82 Å². The summed E-state index contributed by atoms with van der Waals surface area (Å²) in [7, 11) is 1.95. The number of benzene rings is 2. The number of carbonyl (C=O) groups is 1. The van der Waals surface area contributed by atoms with Crippen molar-refractivity contribution in [2.24, 2.45) is 7.05 Å². The first-order valence-corrected chi connectivity index (χ1v) is 7.22. The first-order chi connectivity index (χ1) is 10.6. The average Bonchev–Trinajstić information content (AvgIpc) is 2.90. The number of aromatic nitrogens is 1. The molecule has 0 atom stereocenters. The van der Waals surface area contributed by atoms with Crippen molar-refractivity contribution in [3.63, 3.8) is 0 Å². The van der Waals surface area contributed by atoms with Crippen LogP contribution in [-0.4, -0.2) is 17.0 Å². The molecule has 0 saturated heterocycles. The highest BCUT2D eigenvalue weighted by Gasteiger charge is 2.08. The molecule has 2 aromatic carbocycles. The number of carbonyl (C=O) groups excluding carboxylic acids is 1. The second-order valence-electron chi connectivity index (χ2n) is 5.30. The van der Waals surface area contributed by atoms with E-state index < -0.39 is 0 Å². The minimum absolute atomic E-state index is 0.139. The van der Waals surface area contributed by atoms with Gasteiger partial charge in [-0.3, -0.25) is 4.79 Å². The van der Waals surface area contributed by atoms with Gasteiger partial charge in [-0.2, -0.15) is 0 Å². The summed E-state index contributed by atoms with van der Waals surface area (Å²) in [6.07, 6.45) is 2.44. The van der Waals surface area contributed by atoms with E-state index in [1.165, 1.54) is 6.07 Å². The number of aryl methyl sites for hydroxylation is 1. The molecule has 3 nitrogen and oxygen atoms in total. The fourth-order valence-corrected chi connectivity index (χ4v) is 2.52. The zero-order chi connectivity index (χ0) is 15.5. The Hall–Kier alpha value is -2.62. The van der Waals surface area contributed by atoms with Gasteiger partial charge < -0.3 is 9.88 Å². The lowest BCUT2D eigenvalue weighted by atomic mass is 10.1. The van der Waals surface area contributed by atoms with Gasteiger partial charge in [0.15, 0.2) is 0 Å². The maximum atomic E-state index is 13.5. The predicted octanol–water partition coefficient (Wildman–Crippen LogP) is 3.29.